The van der Waals surface area contributed by atoms with Crippen molar-refractivity contribution in [3.63, 3.8) is 0 Å². The Labute approximate surface area is 180 Å². The van der Waals surface area contributed by atoms with Crippen LogP contribution in [0.1, 0.15) is 24.0 Å². The average Bonchev–Trinajstić information content (AvgIpc) is 3.32. The second-order valence-corrected chi connectivity index (χ2v) is 8.30. The van der Waals surface area contributed by atoms with Crippen molar-refractivity contribution < 1.29 is 9.47 Å². The first-order chi connectivity index (χ1) is 14.8. The molecule has 3 heterocycles. The first kappa shape index (κ1) is 21.1. The van der Waals surface area contributed by atoms with E-state index in [0.29, 0.717) is 6.61 Å². The molecule has 1 aromatic heterocycles. The van der Waals surface area contributed by atoms with E-state index in [1.54, 1.807) is 19.5 Å². The predicted octanol–water partition coefficient (Wildman–Crippen LogP) is 2.88. The molecule has 2 saturated heterocycles. The quantitative estimate of drug-likeness (QED) is 0.633. The van der Waals surface area contributed by atoms with E-state index in [1.165, 1.54) is 44.6 Å². The smallest absolute Gasteiger partial charge is 0.161 e. The fraction of sp³-hybridized carbons (Fsp3) is 0.542. The summed E-state index contributed by atoms with van der Waals surface area (Å²) >= 11 is 0. The van der Waals surface area contributed by atoms with E-state index in [-0.39, 0.29) is 0 Å². The highest BCUT2D eigenvalue weighted by atomic mass is 16.5. The monoisotopic (exact) mass is 410 g/mol. The summed E-state index contributed by atoms with van der Waals surface area (Å²) in [6.45, 7) is 11.1. The third-order valence-electron chi connectivity index (χ3n) is 6.17. The van der Waals surface area contributed by atoms with Crippen LogP contribution in [0.5, 0.6) is 11.5 Å². The van der Waals surface area contributed by atoms with Crippen molar-refractivity contribution in [2.24, 2.45) is 0 Å². The number of benzene rings is 1. The zero-order valence-corrected chi connectivity index (χ0v) is 18.1. The van der Waals surface area contributed by atoms with Crippen LogP contribution in [0.2, 0.25) is 0 Å². The number of rotatable bonds is 9. The number of ether oxygens (including phenoxy) is 2. The molecule has 0 bridgehead atoms. The second-order valence-electron chi connectivity index (χ2n) is 8.30. The Bertz CT molecular complexity index is 772. The Morgan fingerprint density at radius 2 is 1.43 bits per heavy atom. The Balaban J connectivity index is 1.24. The molecule has 6 nitrogen and oxygen atoms in total. The number of pyridine rings is 1. The van der Waals surface area contributed by atoms with Gasteiger partial charge in [-0.15, -0.1) is 0 Å². The molecule has 0 saturated carbocycles. The molecular formula is C24H34N4O2. The van der Waals surface area contributed by atoms with E-state index in [0.717, 1.165) is 49.8 Å². The summed E-state index contributed by atoms with van der Waals surface area (Å²) in [4.78, 5) is 11.8. The maximum Gasteiger partial charge on any atom is 0.161 e. The minimum absolute atomic E-state index is 0.512. The normalized spacial score (nSPS) is 18.6. The maximum absolute atomic E-state index is 5.97. The first-order valence-electron chi connectivity index (χ1n) is 11.2. The van der Waals surface area contributed by atoms with Crippen LogP contribution in [0.15, 0.2) is 42.7 Å². The summed E-state index contributed by atoms with van der Waals surface area (Å²) in [5.41, 5.74) is 2.37. The molecule has 4 rings (SSSR count). The Hall–Kier alpha value is -2.15. The van der Waals surface area contributed by atoms with E-state index in [2.05, 4.69) is 31.8 Å². The zero-order chi connectivity index (χ0) is 20.6. The molecule has 0 spiro atoms. The van der Waals surface area contributed by atoms with E-state index in [9.17, 15) is 0 Å². The van der Waals surface area contributed by atoms with E-state index in [1.807, 2.05) is 18.2 Å². The van der Waals surface area contributed by atoms with Crippen LogP contribution in [0, 0.1) is 0 Å². The molecule has 0 N–H and O–H groups in total. The van der Waals surface area contributed by atoms with Crippen molar-refractivity contribution in [1.29, 1.82) is 0 Å². The van der Waals surface area contributed by atoms with E-state index >= 15 is 0 Å². The van der Waals surface area contributed by atoms with Gasteiger partial charge in [-0.05, 0) is 61.3 Å². The Morgan fingerprint density at radius 1 is 0.767 bits per heavy atom. The van der Waals surface area contributed by atoms with Gasteiger partial charge in [0.2, 0.25) is 0 Å². The van der Waals surface area contributed by atoms with Crippen LogP contribution >= 0.6 is 0 Å². The van der Waals surface area contributed by atoms with Crippen molar-refractivity contribution in [3.05, 3.63) is 53.9 Å². The summed E-state index contributed by atoms with van der Waals surface area (Å²) in [6, 6.07) is 10.2. The van der Waals surface area contributed by atoms with Gasteiger partial charge in [-0.3, -0.25) is 14.8 Å². The van der Waals surface area contributed by atoms with Crippen LogP contribution in [0.4, 0.5) is 0 Å². The standard InChI is InChI=1S/C24H34N4O2/c1-29-24-18-22(4-5-23(24)30-20-21-6-8-25-9-7-21)19-28-16-14-27(15-17-28)13-12-26-10-2-3-11-26/h4-9,18H,2-3,10-17,19-20H2,1H3. The minimum Gasteiger partial charge on any atom is -0.493 e. The first-order valence-corrected chi connectivity index (χ1v) is 11.2. The lowest BCUT2D eigenvalue weighted by atomic mass is 10.1. The molecule has 2 aliphatic rings. The summed E-state index contributed by atoms with van der Waals surface area (Å²) in [6.07, 6.45) is 6.33. The molecule has 2 aromatic rings. The van der Waals surface area contributed by atoms with Crippen molar-refractivity contribution in [3.8, 4) is 11.5 Å². The SMILES string of the molecule is COc1cc(CN2CCN(CCN3CCCC3)CC2)ccc1OCc1ccncc1. The minimum atomic E-state index is 0.512. The van der Waals surface area contributed by atoms with Gasteiger partial charge in [0.1, 0.15) is 6.61 Å². The topological polar surface area (TPSA) is 41.1 Å². The number of aromatic nitrogens is 1. The highest BCUT2D eigenvalue weighted by Crippen LogP contribution is 2.29. The van der Waals surface area contributed by atoms with Gasteiger partial charge in [0, 0.05) is 58.2 Å². The van der Waals surface area contributed by atoms with Crippen molar-refractivity contribution in [1.82, 2.24) is 19.7 Å². The van der Waals surface area contributed by atoms with Gasteiger partial charge in [0.05, 0.1) is 7.11 Å². The van der Waals surface area contributed by atoms with Crippen LogP contribution in [0.3, 0.4) is 0 Å². The van der Waals surface area contributed by atoms with Gasteiger partial charge in [-0.25, -0.2) is 0 Å². The second kappa shape index (κ2) is 10.8. The highest BCUT2D eigenvalue weighted by Gasteiger charge is 2.19. The molecule has 6 heteroatoms. The van der Waals surface area contributed by atoms with Crippen LogP contribution < -0.4 is 9.47 Å². The maximum atomic E-state index is 5.97. The third-order valence-corrected chi connectivity index (χ3v) is 6.17. The molecule has 2 aliphatic heterocycles. The van der Waals surface area contributed by atoms with Gasteiger partial charge < -0.3 is 14.4 Å². The number of piperazine rings is 1. The third kappa shape index (κ3) is 5.94. The molecule has 0 radical (unpaired) electrons. The van der Waals surface area contributed by atoms with Gasteiger partial charge >= 0.3 is 0 Å². The number of nitrogens with zero attached hydrogens (tertiary/aromatic N) is 4. The van der Waals surface area contributed by atoms with Gasteiger partial charge in [-0.1, -0.05) is 6.07 Å². The van der Waals surface area contributed by atoms with Gasteiger partial charge in [0.25, 0.3) is 0 Å². The number of methoxy groups -OCH3 is 1. The van der Waals surface area contributed by atoms with Crippen LogP contribution in [0.25, 0.3) is 0 Å². The zero-order valence-electron chi connectivity index (χ0n) is 18.1. The van der Waals surface area contributed by atoms with Gasteiger partial charge in [-0.2, -0.15) is 0 Å². The van der Waals surface area contributed by atoms with Crippen LogP contribution in [-0.4, -0.2) is 79.2 Å². The van der Waals surface area contributed by atoms with E-state index in [4.69, 9.17) is 9.47 Å². The summed E-state index contributed by atoms with van der Waals surface area (Å²) in [7, 11) is 1.71. The number of hydrogen-bond donors (Lipinski definition) is 0. The predicted molar refractivity (Wildman–Crippen MR) is 119 cm³/mol. The highest BCUT2D eigenvalue weighted by molar-refractivity contribution is 5.43. The Kier molecular flexibility index (Phi) is 7.56. The number of likely N-dealkylation sites (tertiary alicyclic amines) is 1. The molecule has 162 valence electrons. The fourth-order valence-corrected chi connectivity index (χ4v) is 4.29. The molecule has 2 fully saturated rings. The van der Waals surface area contributed by atoms with Crippen molar-refractivity contribution in [2.75, 3.05) is 59.5 Å². The fourth-order valence-electron chi connectivity index (χ4n) is 4.29. The molecule has 30 heavy (non-hydrogen) atoms. The van der Waals surface area contributed by atoms with Crippen molar-refractivity contribution in [2.45, 2.75) is 26.0 Å². The van der Waals surface area contributed by atoms with E-state index < -0.39 is 0 Å². The molecular weight excluding hydrogens is 376 g/mol. The van der Waals surface area contributed by atoms with Crippen LogP contribution in [-0.2, 0) is 13.2 Å². The lowest BCUT2D eigenvalue weighted by Crippen LogP contribution is -2.47. The summed E-state index contributed by atoms with van der Waals surface area (Å²) in [5, 5.41) is 0. The lowest BCUT2D eigenvalue weighted by molar-refractivity contribution is 0.117. The molecule has 0 unspecified atom stereocenters. The lowest BCUT2D eigenvalue weighted by Gasteiger charge is -2.35. The Morgan fingerprint density at radius 3 is 2.13 bits per heavy atom. The molecule has 0 atom stereocenters. The molecule has 0 amide bonds. The van der Waals surface area contributed by atoms with Crippen molar-refractivity contribution >= 4 is 0 Å². The number of hydrogen-bond acceptors (Lipinski definition) is 6. The molecule has 0 aliphatic carbocycles. The van der Waals surface area contributed by atoms with Gasteiger partial charge in [0.15, 0.2) is 11.5 Å². The molecule has 1 aromatic carbocycles. The largest absolute Gasteiger partial charge is 0.493 e. The summed E-state index contributed by atoms with van der Waals surface area (Å²) in [5.74, 6) is 1.58. The summed E-state index contributed by atoms with van der Waals surface area (Å²) < 4.78 is 11.6. The average molecular weight is 411 g/mol.